The van der Waals surface area contributed by atoms with Gasteiger partial charge in [-0.15, -0.1) is 0 Å². The summed E-state index contributed by atoms with van der Waals surface area (Å²) in [6, 6.07) is 4.78. The normalized spacial score (nSPS) is 19.4. The van der Waals surface area contributed by atoms with Crippen LogP contribution in [0.15, 0.2) is 16.9 Å². The third-order valence-electron chi connectivity index (χ3n) is 5.35. The standard InChI is InChI=1S/C20H28N2O/c1-5-16-8-6-7-9-22(16)12-18-15(4)21-19-14(3)10-13(2)11-17(19)20(18)23/h10-11,16H,5-9,12H2,1-4H3,(H,21,23). The third kappa shape index (κ3) is 3.07. The van der Waals surface area contributed by atoms with Crippen LogP contribution in [0.4, 0.5) is 0 Å². The molecule has 0 spiro atoms. The zero-order valence-electron chi connectivity index (χ0n) is 14.8. The van der Waals surface area contributed by atoms with E-state index in [1.54, 1.807) is 0 Å². The second-order valence-corrected chi connectivity index (χ2v) is 7.09. The molecule has 1 atom stereocenters. The summed E-state index contributed by atoms with van der Waals surface area (Å²) in [4.78, 5) is 19.1. The van der Waals surface area contributed by atoms with Gasteiger partial charge in [-0.05, 0) is 63.8 Å². The number of fused-ring (bicyclic) bond motifs is 1. The Balaban J connectivity index is 2.05. The van der Waals surface area contributed by atoms with Gasteiger partial charge < -0.3 is 4.98 Å². The first-order chi connectivity index (χ1) is 11.0. The summed E-state index contributed by atoms with van der Waals surface area (Å²) in [7, 11) is 0. The van der Waals surface area contributed by atoms with Crippen LogP contribution in [-0.2, 0) is 6.54 Å². The number of nitrogens with zero attached hydrogens (tertiary/aromatic N) is 1. The van der Waals surface area contributed by atoms with Crippen molar-refractivity contribution in [2.24, 2.45) is 0 Å². The van der Waals surface area contributed by atoms with Crippen molar-refractivity contribution in [2.75, 3.05) is 6.54 Å². The van der Waals surface area contributed by atoms with Crippen molar-refractivity contribution in [3.05, 3.63) is 44.7 Å². The lowest BCUT2D eigenvalue weighted by atomic mass is 9.98. The Bertz CT molecular complexity index is 775. The number of hydrogen-bond acceptors (Lipinski definition) is 2. The number of aryl methyl sites for hydroxylation is 3. The minimum atomic E-state index is 0.212. The van der Waals surface area contributed by atoms with E-state index in [0.717, 1.165) is 46.4 Å². The summed E-state index contributed by atoms with van der Waals surface area (Å²) < 4.78 is 0. The molecule has 1 aliphatic heterocycles. The van der Waals surface area contributed by atoms with Crippen molar-refractivity contribution in [3.63, 3.8) is 0 Å². The smallest absolute Gasteiger partial charge is 0.194 e. The van der Waals surface area contributed by atoms with Gasteiger partial charge in [0, 0.05) is 29.2 Å². The van der Waals surface area contributed by atoms with E-state index in [-0.39, 0.29) is 5.43 Å². The van der Waals surface area contributed by atoms with Gasteiger partial charge in [0.25, 0.3) is 0 Å². The number of nitrogens with one attached hydrogen (secondary N) is 1. The van der Waals surface area contributed by atoms with Gasteiger partial charge >= 0.3 is 0 Å². The molecular weight excluding hydrogens is 284 g/mol. The van der Waals surface area contributed by atoms with Crippen LogP contribution in [0.3, 0.4) is 0 Å². The molecule has 1 N–H and O–H groups in total. The van der Waals surface area contributed by atoms with E-state index in [9.17, 15) is 4.79 Å². The van der Waals surface area contributed by atoms with Crippen LogP contribution in [0.2, 0.25) is 0 Å². The predicted molar refractivity (Wildman–Crippen MR) is 97.1 cm³/mol. The average molecular weight is 312 g/mol. The second kappa shape index (κ2) is 6.48. The lowest BCUT2D eigenvalue weighted by Crippen LogP contribution is -2.39. The van der Waals surface area contributed by atoms with Gasteiger partial charge in [0.05, 0.1) is 5.52 Å². The van der Waals surface area contributed by atoms with Crippen molar-refractivity contribution in [1.82, 2.24) is 9.88 Å². The monoisotopic (exact) mass is 312 g/mol. The molecular formula is C20H28N2O. The molecule has 1 aromatic heterocycles. The number of benzene rings is 1. The Hall–Kier alpha value is -1.61. The minimum absolute atomic E-state index is 0.212. The van der Waals surface area contributed by atoms with Crippen molar-refractivity contribution in [3.8, 4) is 0 Å². The number of piperidine rings is 1. The van der Waals surface area contributed by atoms with Gasteiger partial charge in [-0.1, -0.05) is 19.4 Å². The molecule has 1 aliphatic rings. The minimum Gasteiger partial charge on any atom is -0.358 e. The SMILES string of the molecule is CCC1CCCCN1Cc1c(C)[nH]c2c(C)cc(C)cc2c1=O. The first-order valence-corrected chi connectivity index (χ1v) is 8.88. The summed E-state index contributed by atoms with van der Waals surface area (Å²) >= 11 is 0. The van der Waals surface area contributed by atoms with Gasteiger partial charge in [-0.2, -0.15) is 0 Å². The number of pyridine rings is 1. The number of rotatable bonds is 3. The molecule has 3 heteroatoms. The Kier molecular flexibility index (Phi) is 4.58. The molecule has 124 valence electrons. The van der Waals surface area contributed by atoms with Crippen molar-refractivity contribution in [2.45, 2.75) is 66.0 Å². The summed E-state index contributed by atoms with van der Waals surface area (Å²) in [6.45, 7) is 10.3. The van der Waals surface area contributed by atoms with Crippen LogP contribution in [0.25, 0.3) is 10.9 Å². The van der Waals surface area contributed by atoms with E-state index in [1.807, 2.05) is 13.0 Å². The van der Waals surface area contributed by atoms with Gasteiger partial charge in [0.1, 0.15) is 0 Å². The quantitative estimate of drug-likeness (QED) is 0.921. The van der Waals surface area contributed by atoms with E-state index in [4.69, 9.17) is 0 Å². The highest BCUT2D eigenvalue weighted by molar-refractivity contribution is 5.83. The molecule has 0 bridgehead atoms. The topological polar surface area (TPSA) is 36.1 Å². The second-order valence-electron chi connectivity index (χ2n) is 7.09. The molecule has 1 unspecified atom stereocenters. The van der Waals surface area contributed by atoms with Crippen LogP contribution >= 0.6 is 0 Å². The molecule has 1 saturated heterocycles. The largest absolute Gasteiger partial charge is 0.358 e. The lowest BCUT2D eigenvalue weighted by molar-refractivity contribution is 0.135. The Labute approximate surface area is 138 Å². The highest BCUT2D eigenvalue weighted by Crippen LogP contribution is 2.23. The molecule has 0 amide bonds. The molecule has 0 saturated carbocycles. The molecule has 2 aromatic rings. The molecule has 1 aromatic carbocycles. The van der Waals surface area contributed by atoms with E-state index in [1.165, 1.54) is 25.7 Å². The van der Waals surface area contributed by atoms with Gasteiger partial charge in [-0.25, -0.2) is 0 Å². The number of aromatic nitrogens is 1. The van der Waals surface area contributed by atoms with Crippen LogP contribution < -0.4 is 5.43 Å². The third-order valence-corrected chi connectivity index (χ3v) is 5.35. The molecule has 0 radical (unpaired) electrons. The van der Waals surface area contributed by atoms with Crippen LogP contribution in [0.1, 0.15) is 55.0 Å². The van der Waals surface area contributed by atoms with Crippen molar-refractivity contribution in [1.29, 1.82) is 0 Å². The maximum absolute atomic E-state index is 13.1. The molecule has 3 rings (SSSR count). The Morgan fingerprint density at radius 2 is 2.00 bits per heavy atom. The summed E-state index contributed by atoms with van der Waals surface area (Å²) in [5.74, 6) is 0. The van der Waals surface area contributed by atoms with E-state index >= 15 is 0 Å². The zero-order chi connectivity index (χ0) is 16.6. The maximum Gasteiger partial charge on any atom is 0.194 e. The molecule has 3 nitrogen and oxygen atoms in total. The number of H-pyrrole nitrogens is 1. The van der Waals surface area contributed by atoms with E-state index < -0.39 is 0 Å². The average Bonchev–Trinajstić information content (AvgIpc) is 2.53. The highest BCUT2D eigenvalue weighted by atomic mass is 16.1. The maximum atomic E-state index is 13.1. The van der Waals surface area contributed by atoms with Gasteiger partial charge in [-0.3, -0.25) is 9.69 Å². The number of hydrogen-bond donors (Lipinski definition) is 1. The van der Waals surface area contributed by atoms with Crippen molar-refractivity contribution < 1.29 is 0 Å². The van der Waals surface area contributed by atoms with Crippen LogP contribution in [0.5, 0.6) is 0 Å². The van der Waals surface area contributed by atoms with Crippen LogP contribution in [-0.4, -0.2) is 22.5 Å². The lowest BCUT2D eigenvalue weighted by Gasteiger charge is -2.35. The van der Waals surface area contributed by atoms with Crippen LogP contribution in [0, 0.1) is 20.8 Å². The molecule has 0 aliphatic carbocycles. The number of aromatic amines is 1. The summed E-state index contributed by atoms with van der Waals surface area (Å²) in [6.07, 6.45) is 5.00. The summed E-state index contributed by atoms with van der Waals surface area (Å²) in [5, 5.41) is 0.841. The molecule has 1 fully saturated rings. The van der Waals surface area contributed by atoms with Crippen molar-refractivity contribution >= 4 is 10.9 Å². The Morgan fingerprint density at radius 3 is 2.74 bits per heavy atom. The Morgan fingerprint density at radius 1 is 1.22 bits per heavy atom. The van der Waals surface area contributed by atoms with E-state index in [0.29, 0.717) is 6.04 Å². The highest BCUT2D eigenvalue weighted by Gasteiger charge is 2.23. The summed E-state index contributed by atoms with van der Waals surface area (Å²) in [5.41, 5.74) is 5.48. The van der Waals surface area contributed by atoms with Gasteiger partial charge in [0.15, 0.2) is 5.43 Å². The number of likely N-dealkylation sites (tertiary alicyclic amines) is 1. The van der Waals surface area contributed by atoms with Gasteiger partial charge in [0.2, 0.25) is 0 Å². The fourth-order valence-electron chi connectivity index (χ4n) is 4.03. The first kappa shape index (κ1) is 16.3. The van der Waals surface area contributed by atoms with E-state index in [2.05, 4.69) is 36.7 Å². The fourth-order valence-corrected chi connectivity index (χ4v) is 4.03. The molecule has 23 heavy (non-hydrogen) atoms. The zero-order valence-corrected chi connectivity index (χ0v) is 14.8. The first-order valence-electron chi connectivity index (χ1n) is 8.88. The predicted octanol–water partition coefficient (Wildman–Crippen LogP) is 4.22. The molecule has 2 heterocycles. The fraction of sp³-hybridized carbons (Fsp3) is 0.550.